The van der Waals surface area contributed by atoms with Crippen molar-refractivity contribution >= 4 is 11.0 Å². The van der Waals surface area contributed by atoms with Crippen LogP contribution in [-0.4, -0.2) is 9.97 Å². The average molecular weight is 298 g/mol. The van der Waals surface area contributed by atoms with Crippen molar-refractivity contribution in [3.63, 3.8) is 0 Å². The van der Waals surface area contributed by atoms with Crippen LogP contribution in [0.5, 0.6) is 11.5 Å². The van der Waals surface area contributed by atoms with Crippen LogP contribution in [0.15, 0.2) is 66.7 Å². The van der Waals surface area contributed by atoms with Crippen LogP contribution in [-0.2, 0) is 6.42 Å². The first-order chi connectivity index (χ1) is 11.4. The molecule has 0 radical (unpaired) electrons. The lowest BCUT2D eigenvalue weighted by Crippen LogP contribution is -2.04. The molecular weight excluding hydrogens is 284 g/mol. The minimum atomic E-state index is 0.860. The van der Waals surface area contributed by atoms with Crippen LogP contribution in [0.25, 0.3) is 22.4 Å². The summed E-state index contributed by atoms with van der Waals surface area (Å²) in [6.07, 6.45) is 0.860. The lowest BCUT2D eigenvalue weighted by molar-refractivity contribution is 0.460. The van der Waals surface area contributed by atoms with E-state index in [4.69, 9.17) is 9.72 Å². The predicted octanol–water partition coefficient (Wildman–Crippen LogP) is 4.93. The molecule has 1 aliphatic heterocycles. The van der Waals surface area contributed by atoms with Crippen LogP contribution in [0.3, 0.4) is 0 Å². The molecule has 0 aliphatic carbocycles. The summed E-state index contributed by atoms with van der Waals surface area (Å²) >= 11 is 0. The highest BCUT2D eigenvalue weighted by Gasteiger charge is 2.21. The molecule has 0 bridgehead atoms. The fourth-order valence-corrected chi connectivity index (χ4v) is 3.20. The Hall–Kier alpha value is -3.07. The summed E-state index contributed by atoms with van der Waals surface area (Å²) in [5.41, 5.74) is 5.54. The first kappa shape index (κ1) is 12.5. The van der Waals surface area contributed by atoms with Crippen LogP contribution in [0.4, 0.5) is 0 Å². The number of hydrogen-bond donors (Lipinski definition) is 1. The minimum absolute atomic E-state index is 0.860. The molecule has 0 saturated heterocycles. The minimum Gasteiger partial charge on any atom is -0.457 e. The van der Waals surface area contributed by atoms with Gasteiger partial charge < -0.3 is 9.72 Å². The molecule has 3 aromatic carbocycles. The van der Waals surface area contributed by atoms with E-state index in [0.29, 0.717) is 0 Å². The fraction of sp³-hybridized carbons (Fsp3) is 0.0500. The van der Waals surface area contributed by atoms with Gasteiger partial charge in [-0.05, 0) is 29.8 Å². The van der Waals surface area contributed by atoms with E-state index in [1.54, 1.807) is 0 Å². The maximum atomic E-state index is 6.07. The summed E-state index contributed by atoms with van der Waals surface area (Å²) in [5, 5.41) is 0. The number of nitrogens with zero attached hydrogens (tertiary/aromatic N) is 1. The summed E-state index contributed by atoms with van der Waals surface area (Å²) < 4.78 is 6.07. The third-order valence-electron chi connectivity index (χ3n) is 4.34. The molecule has 0 spiro atoms. The second kappa shape index (κ2) is 4.71. The van der Waals surface area contributed by atoms with Gasteiger partial charge in [-0.3, -0.25) is 0 Å². The number of para-hydroxylation sites is 3. The van der Waals surface area contributed by atoms with Crippen LogP contribution < -0.4 is 4.74 Å². The number of ether oxygens (including phenoxy) is 1. The Morgan fingerprint density at radius 2 is 1.65 bits per heavy atom. The van der Waals surface area contributed by atoms with Crippen molar-refractivity contribution in [2.24, 2.45) is 0 Å². The largest absolute Gasteiger partial charge is 0.457 e. The van der Waals surface area contributed by atoms with E-state index in [2.05, 4.69) is 23.2 Å². The molecule has 3 nitrogen and oxygen atoms in total. The Bertz CT molecular complexity index is 1000. The molecule has 0 saturated carbocycles. The van der Waals surface area contributed by atoms with Crippen molar-refractivity contribution < 1.29 is 4.74 Å². The van der Waals surface area contributed by atoms with E-state index in [0.717, 1.165) is 40.3 Å². The summed E-state index contributed by atoms with van der Waals surface area (Å²) in [6.45, 7) is 0. The molecule has 1 aromatic heterocycles. The maximum Gasteiger partial charge on any atom is 0.138 e. The van der Waals surface area contributed by atoms with Gasteiger partial charge in [0, 0.05) is 17.5 Å². The zero-order valence-electron chi connectivity index (χ0n) is 12.4. The molecule has 2 heterocycles. The van der Waals surface area contributed by atoms with Crippen molar-refractivity contribution in [2.45, 2.75) is 6.42 Å². The monoisotopic (exact) mass is 298 g/mol. The van der Waals surface area contributed by atoms with Crippen LogP contribution in [0.2, 0.25) is 0 Å². The first-order valence-electron chi connectivity index (χ1n) is 7.71. The molecule has 110 valence electrons. The topological polar surface area (TPSA) is 37.9 Å². The van der Waals surface area contributed by atoms with Gasteiger partial charge in [-0.25, -0.2) is 4.98 Å². The maximum absolute atomic E-state index is 6.07. The Labute approximate surface area is 133 Å². The van der Waals surface area contributed by atoms with Gasteiger partial charge in [-0.1, -0.05) is 42.5 Å². The second-order valence-corrected chi connectivity index (χ2v) is 5.77. The number of H-pyrrole nitrogens is 1. The van der Waals surface area contributed by atoms with Crippen molar-refractivity contribution in [1.29, 1.82) is 0 Å². The summed E-state index contributed by atoms with van der Waals surface area (Å²) in [7, 11) is 0. The molecule has 5 rings (SSSR count). The zero-order valence-corrected chi connectivity index (χ0v) is 12.4. The molecular formula is C20H14N2O. The quantitative estimate of drug-likeness (QED) is 0.476. The van der Waals surface area contributed by atoms with Gasteiger partial charge in [0.15, 0.2) is 0 Å². The number of hydrogen-bond acceptors (Lipinski definition) is 2. The van der Waals surface area contributed by atoms with E-state index in [1.807, 2.05) is 48.5 Å². The average Bonchev–Trinajstić information content (AvgIpc) is 3.03. The Kier molecular flexibility index (Phi) is 2.56. The molecule has 0 fully saturated rings. The van der Waals surface area contributed by atoms with Gasteiger partial charge in [0.2, 0.25) is 0 Å². The molecule has 3 heteroatoms. The first-order valence-corrected chi connectivity index (χ1v) is 7.71. The Morgan fingerprint density at radius 1 is 0.826 bits per heavy atom. The van der Waals surface area contributed by atoms with Gasteiger partial charge in [-0.2, -0.15) is 0 Å². The summed E-state index contributed by atoms with van der Waals surface area (Å²) in [4.78, 5) is 8.16. The standard InChI is InChI=1S/C20H14N2O/c1-4-10-18-13(6-1)12-15-14(7-5-11-19(15)23-18)20-21-16-8-2-3-9-17(16)22-20/h1-11H,12H2,(H,21,22). The van der Waals surface area contributed by atoms with Gasteiger partial charge >= 0.3 is 0 Å². The highest BCUT2D eigenvalue weighted by Crippen LogP contribution is 2.40. The van der Waals surface area contributed by atoms with E-state index in [9.17, 15) is 0 Å². The second-order valence-electron chi connectivity index (χ2n) is 5.77. The summed E-state index contributed by atoms with van der Waals surface area (Å²) in [6, 6.07) is 22.4. The van der Waals surface area contributed by atoms with E-state index >= 15 is 0 Å². The Balaban J connectivity index is 1.68. The number of fused-ring (bicyclic) bond motifs is 3. The van der Waals surface area contributed by atoms with Crippen molar-refractivity contribution in [3.8, 4) is 22.9 Å². The van der Waals surface area contributed by atoms with Crippen LogP contribution in [0, 0.1) is 0 Å². The summed E-state index contributed by atoms with van der Waals surface area (Å²) in [5.74, 6) is 2.76. The number of aromatic nitrogens is 2. The number of benzene rings is 3. The predicted molar refractivity (Wildman–Crippen MR) is 90.9 cm³/mol. The molecule has 23 heavy (non-hydrogen) atoms. The van der Waals surface area contributed by atoms with E-state index < -0.39 is 0 Å². The molecule has 4 aromatic rings. The molecule has 0 unspecified atom stereocenters. The number of nitrogens with one attached hydrogen (secondary N) is 1. The lowest BCUT2D eigenvalue weighted by atomic mass is 9.95. The normalized spacial score (nSPS) is 12.5. The van der Waals surface area contributed by atoms with E-state index in [1.165, 1.54) is 11.1 Å². The molecule has 1 aliphatic rings. The molecule has 0 amide bonds. The number of rotatable bonds is 1. The van der Waals surface area contributed by atoms with Crippen molar-refractivity contribution in [1.82, 2.24) is 9.97 Å². The third-order valence-corrected chi connectivity index (χ3v) is 4.34. The molecule has 0 atom stereocenters. The number of imidazole rings is 1. The SMILES string of the molecule is c1ccc2c(c1)Cc1c(cccc1-c1nc3ccccc3[nH]1)O2. The Morgan fingerprint density at radius 3 is 2.61 bits per heavy atom. The third kappa shape index (κ3) is 1.94. The smallest absolute Gasteiger partial charge is 0.138 e. The van der Waals surface area contributed by atoms with Gasteiger partial charge in [0.05, 0.1) is 11.0 Å². The number of aromatic amines is 1. The fourth-order valence-electron chi connectivity index (χ4n) is 3.20. The van der Waals surface area contributed by atoms with Gasteiger partial charge in [0.1, 0.15) is 17.3 Å². The van der Waals surface area contributed by atoms with E-state index in [-0.39, 0.29) is 0 Å². The van der Waals surface area contributed by atoms with Crippen LogP contribution >= 0.6 is 0 Å². The lowest BCUT2D eigenvalue weighted by Gasteiger charge is -2.21. The van der Waals surface area contributed by atoms with Crippen molar-refractivity contribution in [3.05, 3.63) is 77.9 Å². The van der Waals surface area contributed by atoms with Gasteiger partial charge in [-0.15, -0.1) is 0 Å². The van der Waals surface area contributed by atoms with Gasteiger partial charge in [0.25, 0.3) is 0 Å². The zero-order chi connectivity index (χ0) is 15.2. The highest BCUT2D eigenvalue weighted by atomic mass is 16.5. The highest BCUT2D eigenvalue weighted by molar-refractivity contribution is 5.80. The molecule has 1 N–H and O–H groups in total. The van der Waals surface area contributed by atoms with Crippen LogP contribution in [0.1, 0.15) is 11.1 Å². The van der Waals surface area contributed by atoms with Crippen molar-refractivity contribution in [2.75, 3.05) is 0 Å².